The number of nitrogens with zero attached hydrogens (tertiary/aromatic N) is 1. The van der Waals surface area contributed by atoms with Crippen LogP contribution in [0.15, 0.2) is 16.3 Å². The molecule has 1 unspecified atom stereocenters. The molecule has 2 rings (SSSR count). The van der Waals surface area contributed by atoms with Gasteiger partial charge in [0.1, 0.15) is 9.77 Å². The number of hydrogen-bond acceptors (Lipinski definition) is 5. The fourth-order valence-electron chi connectivity index (χ4n) is 2.46. The molecule has 8 heteroatoms. The first-order valence-corrected chi connectivity index (χ1v) is 8.70. The van der Waals surface area contributed by atoms with Crippen molar-refractivity contribution in [1.29, 1.82) is 0 Å². The Morgan fingerprint density at radius 1 is 1.50 bits per heavy atom. The molecule has 1 aliphatic heterocycles. The first-order chi connectivity index (χ1) is 9.46. The van der Waals surface area contributed by atoms with Crippen LogP contribution in [-0.4, -0.2) is 48.6 Å². The molecule has 0 saturated carbocycles. The number of carboxylic acids is 1. The molecular weight excluding hydrogens is 302 g/mol. The van der Waals surface area contributed by atoms with Gasteiger partial charge in [0.05, 0.1) is 0 Å². The molecule has 0 spiro atoms. The number of rotatable bonds is 5. The zero-order chi connectivity index (χ0) is 14.8. The number of hydrogen-bond donors (Lipinski definition) is 2. The molecule has 20 heavy (non-hydrogen) atoms. The van der Waals surface area contributed by atoms with E-state index in [4.69, 9.17) is 10.2 Å². The van der Waals surface area contributed by atoms with Crippen molar-refractivity contribution in [3.63, 3.8) is 0 Å². The molecule has 1 saturated heterocycles. The molecule has 112 valence electrons. The predicted octanol–water partition coefficient (Wildman–Crippen LogP) is 1.23. The van der Waals surface area contributed by atoms with Gasteiger partial charge in [0.15, 0.2) is 0 Å². The van der Waals surface area contributed by atoms with Gasteiger partial charge in [-0.3, -0.25) is 0 Å². The molecular formula is C12H17NO5S2. The van der Waals surface area contributed by atoms with Crippen molar-refractivity contribution in [3.05, 3.63) is 16.3 Å². The lowest BCUT2D eigenvalue weighted by molar-refractivity contribution is 0.0698. The molecule has 0 bridgehead atoms. The Labute approximate surface area is 121 Å². The summed E-state index contributed by atoms with van der Waals surface area (Å²) >= 11 is 0.914. The highest BCUT2D eigenvalue weighted by molar-refractivity contribution is 7.89. The summed E-state index contributed by atoms with van der Waals surface area (Å²) in [7, 11) is -3.76. The van der Waals surface area contributed by atoms with Gasteiger partial charge in [0, 0.05) is 19.7 Å². The molecule has 6 nitrogen and oxygen atoms in total. The van der Waals surface area contributed by atoms with Crippen molar-refractivity contribution < 1.29 is 23.4 Å². The fourth-order valence-corrected chi connectivity index (χ4v) is 5.25. The van der Waals surface area contributed by atoms with E-state index in [-0.39, 0.29) is 22.3 Å². The molecule has 1 fully saturated rings. The van der Waals surface area contributed by atoms with Gasteiger partial charge < -0.3 is 10.2 Å². The van der Waals surface area contributed by atoms with Gasteiger partial charge in [-0.15, -0.1) is 11.3 Å². The molecule has 0 aliphatic carbocycles. The molecule has 0 amide bonds. The number of carbonyl (C=O) groups is 1. The maximum absolute atomic E-state index is 12.5. The summed E-state index contributed by atoms with van der Waals surface area (Å²) in [5, 5.41) is 19.5. The van der Waals surface area contributed by atoms with E-state index in [1.807, 2.05) is 0 Å². The van der Waals surface area contributed by atoms with E-state index < -0.39 is 16.0 Å². The summed E-state index contributed by atoms with van der Waals surface area (Å²) in [4.78, 5) is 10.8. The highest BCUT2D eigenvalue weighted by atomic mass is 32.2. The lowest BCUT2D eigenvalue weighted by Gasteiger charge is -2.31. The van der Waals surface area contributed by atoms with Crippen LogP contribution in [0.2, 0.25) is 0 Å². The number of aromatic carboxylic acids is 1. The Kier molecular flexibility index (Phi) is 4.79. The highest BCUT2D eigenvalue weighted by Gasteiger charge is 2.33. The van der Waals surface area contributed by atoms with Crippen LogP contribution in [0.4, 0.5) is 0 Å². The van der Waals surface area contributed by atoms with E-state index in [0.717, 1.165) is 24.2 Å². The van der Waals surface area contributed by atoms with E-state index in [0.29, 0.717) is 19.5 Å². The fraction of sp³-hybridized carbons (Fsp3) is 0.583. The van der Waals surface area contributed by atoms with E-state index in [9.17, 15) is 13.2 Å². The minimum Gasteiger partial charge on any atom is -0.477 e. The summed E-state index contributed by atoms with van der Waals surface area (Å²) < 4.78 is 26.4. The third-order valence-corrected chi connectivity index (χ3v) is 6.40. The number of sulfonamides is 1. The molecule has 0 radical (unpaired) electrons. The maximum Gasteiger partial charge on any atom is 0.347 e. The number of piperidine rings is 1. The summed E-state index contributed by atoms with van der Waals surface area (Å²) in [6.07, 6.45) is 2.19. The average molecular weight is 319 g/mol. The molecule has 1 aliphatic rings. The molecule has 0 aromatic carbocycles. The van der Waals surface area contributed by atoms with Gasteiger partial charge in [-0.05, 0) is 36.6 Å². The third kappa shape index (κ3) is 3.03. The first kappa shape index (κ1) is 15.4. The Morgan fingerprint density at radius 2 is 2.25 bits per heavy atom. The van der Waals surface area contributed by atoms with E-state index in [2.05, 4.69) is 0 Å². The van der Waals surface area contributed by atoms with Gasteiger partial charge in [-0.1, -0.05) is 0 Å². The van der Waals surface area contributed by atoms with Gasteiger partial charge >= 0.3 is 5.97 Å². The summed E-state index contributed by atoms with van der Waals surface area (Å²) in [6, 6.07) is 1.35. The maximum atomic E-state index is 12.5. The van der Waals surface area contributed by atoms with Crippen LogP contribution in [0, 0.1) is 5.92 Å². The Hall–Kier alpha value is -0.960. The SMILES string of the molecule is O=C(O)c1sccc1S(=O)(=O)N1CCCC(CCO)C1. The molecule has 1 atom stereocenters. The number of carboxylic acid groups (broad SMARTS) is 1. The van der Waals surface area contributed by atoms with E-state index in [1.165, 1.54) is 15.8 Å². The normalized spacial score (nSPS) is 20.9. The number of aliphatic hydroxyl groups is 1. The van der Waals surface area contributed by atoms with Crippen molar-refractivity contribution in [2.75, 3.05) is 19.7 Å². The van der Waals surface area contributed by atoms with Crippen LogP contribution in [-0.2, 0) is 10.0 Å². The molecule has 1 aromatic heterocycles. The second-order valence-electron chi connectivity index (χ2n) is 4.80. The van der Waals surface area contributed by atoms with Crippen LogP contribution in [0.5, 0.6) is 0 Å². The van der Waals surface area contributed by atoms with Gasteiger partial charge in [-0.25, -0.2) is 13.2 Å². The molecule has 1 aromatic rings. The van der Waals surface area contributed by atoms with Crippen molar-refractivity contribution in [3.8, 4) is 0 Å². The third-order valence-electron chi connectivity index (χ3n) is 3.46. The monoisotopic (exact) mass is 319 g/mol. The van der Waals surface area contributed by atoms with Crippen LogP contribution >= 0.6 is 11.3 Å². The highest BCUT2D eigenvalue weighted by Crippen LogP contribution is 2.29. The first-order valence-electron chi connectivity index (χ1n) is 6.38. The van der Waals surface area contributed by atoms with Crippen molar-refractivity contribution >= 4 is 27.3 Å². The van der Waals surface area contributed by atoms with Gasteiger partial charge in [-0.2, -0.15) is 4.31 Å². The van der Waals surface area contributed by atoms with Crippen molar-refractivity contribution in [1.82, 2.24) is 4.31 Å². The second-order valence-corrected chi connectivity index (χ2v) is 7.63. The largest absolute Gasteiger partial charge is 0.477 e. The topological polar surface area (TPSA) is 94.9 Å². The zero-order valence-corrected chi connectivity index (χ0v) is 12.5. The van der Waals surface area contributed by atoms with Crippen LogP contribution in [0.25, 0.3) is 0 Å². The Morgan fingerprint density at radius 3 is 2.90 bits per heavy atom. The predicted molar refractivity (Wildman–Crippen MR) is 74.5 cm³/mol. The van der Waals surface area contributed by atoms with E-state index >= 15 is 0 Å². The average Bonchev–Trinajstić information content (AvgIpc) is 2.89. The zero-order valence-electron chi connectivity index (χ0n) is 10.9. The lowest BCUT2D eigenvalue weighted by atomic mass is 9.97. The quantitative estimate of drug-likeness (QED) is 0.851. The minimum absolute atomic E-state index is 0.0391. The van der Waals surface area contributed by atoms with Crippen molar-refractivity contribution in [2.45, 2.75) is 24.2 Å². The number of thiophene rings is 1. The summed E-state index contributed by atoms with van der Waals surface area (Å²) in [5.41, 5.74) is 0. The van der Waals surface area contributed by atoms with Gasteiger partial charge in [0.25, 0.3) is 0 Å². The minimum atomic E-state index is -3.76. The smallest absolute Gasteiger partial charge is 0.347 e. The molecule has 2 N–H and O–H groups in total. The van der Waals surface area contributed by atoms with Gasteiger partial charge in [0.2, 0.25) is 10.0 Å². The van der Waals surface area contributed by atoms with Crippen molar-refractivity contribution in [2.24, 2.45) is 5.92 Å². The summed E-state index contributed by atoms with van der Waals surface area (Å²) in [5.74, 6) is -1.09. The molecule has 2 heterocycles. The Balaban J connectivity index is 2.25. The van der Waals surface area contributed by atoms with Crippen LogP contribution in [0.3, 0.4) is 0 Å². The summed E-state index contributed by atoms with van der Waals surface area (Å²) in [6.45, 7) is 0.786. The van der Waals surface area contributed by atoms with Crippen LogP contribution < -0.4 is 0 Å². The standard InChI is InChI=1S/C12H17NO5S2/c14-6-3-9-2-1-5-13(8-9)20(17,18)10-4-7-19-11(10)12(15)16/h4,7,9,14H,1-3,5-6,8H2,(H,15,16). The lowest BCUT2D eigenvalue weighted by Crippen LogP contribution is -2.40. The Bertz CT molecular complexity index is 578. The van der Waals surface area contributed by atoms with E-state index in [1.54, 1.807) is 0 Å². The number of aliphatic hydroxyl groups excluding tert-OH is 1. The van der Waals surface area contributed by atoms with Crippen LogP contribution in [0.1, 0.15) is 28.9 Å². The second kappa shape index (κ2) is 6.21.